The maximum atomic E-state index is 8.00. The summed E-state index contributed by atoms with van der Waals surface area (Å²) in [4.78, 5) is 8.00. The van der Waals surface area contributed by atoms with Crippen LogP contribution < -0.4 is 9.47 Å². The third-order valence-electron chi connectivity index (χ3n) is 1.67. The molecule has 102 valence electrons. The predicted molar refractivity (Wildman–Crippen MR) is 74.3 cm³/mol. The summed E-state index contributed by atoms with van der Waals surface area (Å²) in [6.45, 7) is 14.2. The van der Waals surface area contributed by atoms with E-state index in [-0.39, 0.29) is 11.2 Å². The first-order valence-electron chi connectivity index (χ1n) is 5.93. The maximum Gasteiger partial charge on any atom is 0.120 e. The van der Waals surface area contributed by atoms with Gasteiger partial charge >= 0.3 is 0 Å². The average Bonchev–Trinajstić information content (AvgIpc) is 2.20. The third-order valence-corrected chi connectivity index (χ3v) is 1.67. The standard InChI is InChI=1S/C14H22O2.CH2O/c1-13(2,3)15-11-7-9-12(10-8-11)16-14(4,5)6;1-2/h7-10H,1-6H3;1H2. The highest BCUT2D eigenvalue weighted by Gasteiger charge is 2.13. The lowest BCUT2D eigenvalue weighted by Gasteiger charge is -2.23. The lowest BCUT2D eigenvalue weighted by atomic mass is 10.2. The minimum absolute atomic E-state index is 0.160. The fraction of sp³-hybridized carbons (Fsp3) is 0.533. The van der Waals surface area contributed by atoms with Crippen LogP contribution in [0.2, 0.25) is 0 Å². The van der Waals surface area contributed by atoms with Crippen LogP contribution in [0.25, 0.3) is 0 Å². The molecule has 0 bridgehead atoms. The van der Waals surface area contributed by atoms with E-state index in [0.717, 1.165) is 11.5 Å². The predicted octanol–water partition coefficient (Wildman–Crippen LogP) is 3.86. The van der Waals surface area contributed by atoms with E-state index in [1.807, 2.05) is 72.6 Å². The Balaban J connectivity index is 0.00000137. The Morgan fingerprint density at radius 2 is 0.944 bits per heavy atom. The van der Waals surface area contributed by atoms with Crippen LogP contribution >= 0.6 is 0 Å². The molecule has 0 amide bonds. The van der Waals surface area contributed by atoms with E-state index >= 15 is 0 Å². The Bertz CT molecular complexity index is 306. The van der Waals surface area contributed by atoms with Crippen molar-refractivity contribution in [2.24, 2.45) is 0 Å². The molecule has 0 heterocycles. The van der Waals surface area contributed by atoms with Gasteiger partial charge in [0.05, 0.1) is 0 Å². The molecule has 0 saturated carbocycles. The highest BCUT2D eigenvalue weighted by molar-refractivity contribution is 5.31. The Labute approximate surface area is 110 Å². The lowest BCUT2D eigenvalue weighted by molar-refractivity contribution is -0.0979. The number of hydrogen-bond acceptors (Lipinski definition) is 3. The number of hydrogen-bond donors (Lipinski definition) is 0. The van der Waals surface area contributed by atoms with Crippen molar-refractivity contribution >= 4 is 6.79 Å². The van der Waals surface area contributed by atoms with E-state index in [1.165, 1.54) is 0 Å². The van der Waals surface area contributed by atoms with Crippen molar-refractivity contribution in [1.29, 1.82) is 0 Å². The molecule has 0 fully saturated rings. The van der Waals surface area contributed by atoms with Crippen molar-refractivity contribution in [3.05, 3.63) is 24.3 Å². The van der Waals surface area contributed by atoms with Gasteiger partial charge in [-0.25, -0.2) is 0 Å². The molecule has 3 heteroatoms. The van der Waals surface area contributed by atoms with Gasteiger partial charge in [0, 0.05) is 0 Å². The zero-order valence-corrected chi connectivity index (χ0v) is 12.2. The molecule has 0 aliphatic carbocycles. The first-order chi connectivity index (χ1) is 8.16. The number of ether oxygens (including phenoxy) is 2. The first-order valence-corrected chi connectivity index (χ1v) is 5.93. The molecule has 0 spiro atoms. The molecule has 1 rings (SSSR count). The molecule has 0 aliphatic rings. The van der Waals surface area contributed by atoms with Gasteiger partial charge in [0.2, 0.25) is 0 Å². The fourth-order valence-corrected chi connectivity index (χ4v) is 1.28. The van der Waals surface area contributed by atoms with Crippen LogP contribution in [-0.2, 0) is 4.79 Å². The van der Waals surface area contributed by atoms with E-state index in [4.69, 9.17) is 14.3 Å². The zero-order chi connectivity index (χ0) is 14.4. The normalized spacial score (nSPS) is 11.2. The summed E-state index contributed by atoms with van der Waals surface area (Å²) in [6, 6.07) is 7.75. The first kappa shape index (κ1) is 16.5. The van der Waals surface area contributed by atoms with E-state index in [0.29, 0.717) is 0 Å². The summed E-state index contributed by atoms with van der Waals surface area (Å²) >= 11 is 0. The van der Waals surface area contributed by atoms with Gasteiger partial charge in [-0.15, -0.1) is 0 Å². The van der Waals surface area contributed by atoms with Crippen molar-refractivity contribution in [1.82, 2.24) is 0 Å². The SMILES string of the molecule is C=O.CC(C)(C)Oc1ccc(OC(C)(C)C)cc1. The van der Waals surface area contributed by atoms with Gasteiger partial charge in [0.1, 0.15) is 29.5 Å². The summed E-state index contributed by atoms with van der Waals surface area (Å²) in [5.41, 5.74) is -0.321. The van der Waals surface area contributed by atoms with Gasteiger partial charge in [0.15, 0.2) is 0 Å². The third kappa shape index (κ3) is 7.71. The van der Waals surface area contributed by atoms with Gasteiger partial charge in [-0.1, -0.05) is 0 Å². The van der Waals surface area contributed by atoms with Gasteiger partial charge in [-0.3, -0.25) is 0 Å². The highest BCUT2D eigenvalue weighted by atomic mass is 16.5. The van der Waals surface area contributed by atoms with Crippen molar-refractivity contribution in [2.75, 3.05) is 0 Å². The van der Waals surface area contributed by atoms with Crippen LogP contribution in [0.4, 0.5) is 0 Å². The van der Waals surface area contributed by atoms with Gasteiger partial charge in [-0.05, 0) is 65.8 Å². The molecule has 1 aromatic rings. The topological polar surface area (TPSA) is 35.5 Å². The van der Waals surface area contributed by atoms with Crippen molar-refractivity contribution < 1.29 is 14.3 Å². The summed E-state index contributed by atoms with van der Waals surface area (Å²) in [5.74, 6) is 1.74. The van der Waals surface area contributed by atoms with E-state index in [2.05, 4.69) is 0 Å². The van der Waals surface area contributed by atoms with Crippen LogP contribution in [0.15, 0.2) is 24.3 Å². The molecule has 18 heavy (non-hydrogen) atoms. The van der Waals surface area contributed by atoms with Crippen LogP contribution in [0.3, 0.4) is 0 Å². The lowest BCUT2D eigenvalue weighted by Crippen LogP contribution is -2.23. The minimum Gasteiger partial charge on any atom is -0.488 e. The molecule has 0 radical (unpaired) electrons. The monoisotopic (exact) mass is 252 g/mol. The van der Waals surface area contributed by atoms with E-state index < -0.39 is 0 Å². The summed E-state index contributed by atoms with van der Waals surface area (Å²) in [6.07, 6.45) is 0. The van der Waals surface area contributed by atoms with Crippen LogP contribution in [-0.4, -0.2) is 18.0 Å². The van der Waals surface area contributed by atoms with Crippen molar-refractivity contribution in [2.45, 2.75) is 52.7 Å². The van der Waals surface area contributed by atoms with Gasteiger partial charge in [-0.2, -0.15) is 0 Å². The molecule has 1 aromatic carbocycles. The van der Waals surface area contributed by atoms with Crippen molar-refractivity contribution in [3.8, 4) is 11.5 Å². The number of carbonyl (C=O) groups excluding carboxylic acids is 1. The molecule has 0 atom stereocenters. The Morgan fingerprint density at radius 3 is 1.11 bits per heavy atom. The number of rotatable bonds is 2. The van der Waals surface area contributed by atoms with E-state index in [9.17, 15) is 0 Å². The molecule has 0 unspecified atom stereocenters. The number of carbonyl (C=O) groups is 1. The highest BCUT2D eigenvalue weighted by Crippen LogP contribution is 2.23. The fourth-order valence-electron chi connectivity index (χ4n) is 1.28. The van der Waals surface area contributed by atoms with Crippen molar-refractivity contribution in [3.63, 3.8) is 0 Å². The average molecular weight is 252 g/mol. The number of benzene rings is 1. The van der Waals surface area contributed by atoms with Gasteiger partial charge < -0.3 is 14.3 Å². The molecule has 0 saturated heterocycles. The molecule has 0 N–H and O–H groups in total. The quantitative estimate of drug-likeness (QED) is 0.801. The maximum absolute atomic E-state index is 8.00. The Kier molecular flexibility index (Phi) is 5.89. The smallest absolute Gasteiger partial charge is 0.120 e. The second-order valence-electron chi connectivity index (χ2n) is 5.90. The van der Waals surface area contributed by atoms with Crippen LogP contribution in [0.5, 0.6) is 11.5 Å². The molecule has 0 aliphatic heterocycles. The van der Waals surface area contributed by atoms with Crippen LogP contribution in [0, 0.1) is 0 Å². The Hall–Kier alpha value is -1.51. The summed E-state index contributed by atoms with van der Waals surface area (Å²) < 4.78 is 11.5. The van der Waals surface area contributed by atoms with Gasteiger partial charge in [0.25, 0.3) is 0 Å². The molecular formula is C15H24O3. The Morgan fingerprint density at radius 1 is 0.722 bits per heavy atom. The largest absolute Gasteiger partial charge is 0.488 e. The molecular weight excluding hydrogens is 228 g/mol. The van der Waals surface area contributed by atoms with Crippen LogP contribution in [0.1, 0.15) is 41.5 Å². The van der Waals surface area contributed by atoms with E-state index in [1.54, 1.807) is 0 Å². The molecule has 0 aromatic heterocycles. The summed E-state index contributed by atoms with van der Waals surface area (Å²) in [7, 11) is 0. The second-order valence-corrected chi connectivity index (χ2v) is 5.90. The minimum atomic E-state index is -0.160. The summed E-state index contributed by atoms with van der Waals surface area (Å²) in [5, 5.41) is 0. The zero-order valence-electron chi connectivity index (χ0n) is 12.2. The molecule has 3 nitrogen and oxygen atoms in total. The second kappa shape index (κ2) is 6.43.